The Hall–Kier alpha value is -0.380. The summed E-state index contributed by atoms with van der Waals surface area (Å²) in [6, 6.07) is 0. The number of esters is 1. The van der Waals surface area contributed by atoms with Crippen LogP contribution in [0, 0.1) is 0 Å². The minimum atomic E-state index is -1.62. The minimum Gasteiger partial charge on any atom is -0.462 e. The Morgan fingerprint density at radius 3 is 1.41 bits per heavy atom. The summed E-state index contributed by atoms with van der Waals surface area (Å²) in [7, 11) is -1.62. The second-order valence-electron chi connectivity index (χ2n) is 18.1. The first kappa shape index (κ1) is 58.6. The Balaban J connectivity index is 4.50. The largest absolute Gasteiger partial charge is 0.462 e. The lowest BCUT2D eigenvalue weighted by Crippen LogP contribution is -2.29. The van der Waals surface area contributed by atoms with Crippen LogP contribution in [0.3, 0.4) is 0 Å². The van der Waals surface area contributed by atoms with Gasteiger partial charge in [0.25, 0.3) is 0 Å². The molecule has 0 amide bonds. The van der Waals surface area contributed by atoms with Crippen LogP contribution >= 0.6 is 10.6 Å². The Morgan fingerprint density at radius 1 is 0.492 bits per heavy atom. The standard InChI is InChI=1S/C51H105NO6S/c1-7-11-15-19-24-31-39-49(40-32-25-20-16-12-8-2)57-50(54)41-33-26-23-27-35-43-52(45-46-53)44-36-30-34-42-51(55-47-37-28-21-17-13-9-3)58-59(5,6)56-48-38-29-22-18-14-10-4/h49,51,53H,7-48H2,1-6H3. The van der Waals surface area contributed by atoms with Crippen LogP contribution in [0.2, 0.25) is 0 Å². The van der Waals surface area contributed by atoms with Gasteiger partial charge >= 0.3 is 5.97 Å². The van der Waals surface area contributed by atoms with E-state index in [9.17, 15) is 9.90 Å². The van der Waals surface area contributed by atoms with Gasteiger partial charge in [-0.15, -0.1) is 0 Å². The summed E-state index contributed by atoms with van der Waals surface area (Å²) in [6.07, 6.45) is 47.0. The first-order valence-corrected chi connectivity index (χ1v) is 28.3. The van der Waals surface area contributed by atoms with Crippen LogP contribution in [-0.4, -0.2) is 80.3 Å². The molecule has 8 heteroatoms. The number of aliphatic hydroxyl groups excluding tert-OH is 1. The predicted molar refractivity (Wildman–Crippen MR) is 259 cm³/mol. The molecule has 0 aliphatic carbocycles. The molecule has 0 rings (SSSR count). The molecule has 0 spiro atoms. The van der Waals surface area contributed by atoms with Gasteiger partial charge in [-0.3, -0.25) is 13.2 Å². The summed E-state index contributed by atoms with van der Waals surface area (Å²) in [5, 5.41) is 9.75. The number of hydrogen-bond acceptors (Lipinski definition) is 7. The van der Waals surface area contributed by atoms with Crippen molar-refractivity contribution < 1.29 is 27.7 Å². The number of ether oxygens (including phenoxy) is 2. The van der Waals surface area contributed by atoms with E-state index >= 15 is 0 Å². The number of carbonyl (C=O) groups excluding carboxylic acids is 1. The summed E-state index contributed by atoms with van der Waals surface area (Å²) < 4.78 is 25.2. The van der Waals surface area contributed by atoms with Crippen molar-refractivity contribution in [2.45, 2.75) is 271 Å². The van der Waals surface area contributed by atoms with Gasteiger partial charge in [0.2, 0.25) is 0 Å². The van der Waals surface area contributed by atoms with Crippen molar-refractivity contribution in [1.29, 1.82) is 0 Å². The van der Waals surface area contributed by atoms with Crippen LogP contribution in [0.5, 0.6) is 0 Å². The fourth-order valence-corrected chi connectivity index (χ4v) is 9.17. The number of rotatable bonds is 49. The maximum Gasteiger partial charge on any atom is 0.306 e. The normalized spacial score (nSPS) is 12.9. The van der Waals surface area contributed by atoms with E-state index in [2.05, 4.69) is 45.1 Å². The lowest BCUT2D eigenvalue weighted by Gasteiger charge is -2.38. The SMILES string of the molecule is CCCCCCCCOC(CCCCCN(CCO)CCCCCCCC(=O)OC(CCCCCCCC)CCCCCCCC)OS(C)(C)OCCCCCCCC. The highest BCUT2D eigenvalue weighted by molar-refractivity contribution is 8.24. The van der Waals surface area contributed by atoms with Crippen LogP contribution in [-0.2, 0) is 22.6 Å². The molecule has 0 aliphatic rings. The average molecular weight is 860 g/mol. The highest BCUT2D eigenvalue weighted by atomic mass is 32.3. The van der Waals surface area contributed by atoms with Gasteiger partial charge < -0.3 is 19.5 Å². The highest BCUT2D eigenvalue weighted by Crippen LogP contribution is 2.44. The molecule has 0 heterocycles. The summed E-state index contributed by atoms with van der Waals surface area (Å²) in [6.45, 7) is 13.6. The summed E-state index contributed by atoms with van der Waals surface area (Å²) in [5.41, 5.74) is 0. The molecule has 1 N–H and O–H groups in total. The van der Waals surface area contributed by atoms with E-state index in [1.807, 2.05) is 0 Å². The van der Waals surface area contributed by atoms with Crippen molar-refractivity contribution in [3.8, 4) is 0 Å². The van der Waals surface area contributed by atoms with Crippen molar-refractivity contribution in [2.75, 3.05) is 52.0 Å². The number of carbonyl (C=O) groups is 1. The average Bonchev–Trinajstić information content (AvgIpc) is 3.21. The van der Waals surface area contributed by atoms with Crippen LogP contribution in [0.25, 0.3) is 0 Å². The van der Waals surface area contributed by atoms with Gasteiger partial charge in [0.05, 0.1) is 13.2 Å². The van der Waals surface area contributed by atoms with Crippen LogP contribution in [0.1, 0.15) is 259 Å². The summed E-state index contributed by atoms with van der Waals surface area (Å²) >= 11 is 0. The monoisotopic (exact) mass is 860 g/mol. The van der Waals surface area contributed by atoms with E-state index in [0.717, 1.165) is 110 Å². The molecule has 59 heavy (non-hydrogen) atoms. The summed E-state index contributed by atoms with van der Waals surface area (Å²) in [5.74, 6) is 0.0186. The van der Waals surface area contributed by atoms with E-state index < -0.39 is 10.6 Å². The van der Waals surface area contributed by atoms with Crippen molar-refractivity contribution >= 4 is 16.6 Å². The molecule has 1 unspecified atom stereocenters. The van der Waals surface area contributed by atoms with E-state index in [1.165, 1.54) is 148 Å². The third-order valence-corrected chi connectivity index (χ3v) is 13.2. The molecule has 0 radical (unpaired) electrons. The number of hydrogen-bond donors (Lipinski definition) is 1. The lowest BCUT2D eigenvalue weighted by atomic mass is 10.0. The first-order valence-electron chi connectivity index (χ1n) is 26.0. The highest BCUT2D eigenvalue weighted by Gasteiger charge is 2.19. The lowest BCUT2D eigenvalue weighted by molar-refractivity contribution is -0.150. The summed E-state index contributed by atoms with van der Waals surface area (Å²) in [4.78, 5) is 15.2. The number of aliphatic hydroxyl groups is 1. The van der Waals surface area contributed by atoms with Crippen molar-refractivity contribution in [3.05, 3.63) is 0 Å². The number of nitrogens with zero attached hydrogens (tertiary/aromatic N) is 1. The number of unbranched alkanes of at least 4 members (excludes halogenated alkanes) is 26. The first-order chi connectivity index (χ1) is 28.8. The fraction of sp³-hybridized carbons (Fsp3) is 0.980. The Morgan fingerprint density at radius 2 is 0.898 bits per heavy atom. The van der Waals surface area contributed by atoms with Gasteiger partial charge in [0.15, 0.2) is 6.29 Å². The van der Waals surface area contributed by atoms with E-state index in [-0.39, 0.29) is 25.0 Å². The van der Waals surface area contributed by atoms with Crippen molar-refractivity contribution in [3.63, 3.8) is 0 Å². The maximum atomic E-state index is 12.8. The molecule has 356 valence electrons. The van der Waals surface area contributed by atoms with Crippen molar-refractivity contribution in [2.24, 2.45) is 0 Å². The third-order valence-electron chi connectivity index (χ3n) is 11.7. The molecular weight excluding hydrogens is 755 g/mol. The van der Waals surface area contributed by atoms with Gasteiger partial charge in [-0.05, 0) is 77.3 Å². The van der Waals surface area contributed by atoms with Gasteiger partial charge in [-0.25, -0.2) is 0 Å². The zero-order chi connectivity index (χ0) is 43.3. The molecule has 0 saturated carbocycles. The molecular formula is C51H105NO6S. The topological polar surface area (TPSA) is 77.5 Å². The molecule has 0 aliphatic heterocycles. The quantitative estimate of drug-likeness (QED) is 0.0371. The zero-order valence-corrected chi connectivity index (χ0v) is 41.5. The van der Waals surface area contributed by atoms with Crippen LogP contribution in [0.4, 0.5) is 0 Å². The van der Waals surface area contributed by atoms with Gasteiger partial charge in [0.1, 0.15) is 6.10 Å². The third kappa shape index (κ3) is 42.7. The molecule has 0 fully saturated rings. The minimum absolute atomic E-state index is 0.0186. The zero-order valence-electron chi connectivity index (χ0n) is 40.7. The van der Waals surface area contributed by atoms with E-state index in [4.69, 9.17) is 17.8 Å². The predicted octanol–water partition coefficient (Wildman–Crippen LogP) is 15.6. The van der Waals surface area contributed by atoms with Gasteiger partial charge in [-0.1, -0.05) is 182 Å². The molecule has 1 atom stereocenters. The van der Waals surface area contributed by atoms with Crippen molar-refractivity contribution in [1.82, 2.24) is 4.90 Å². The smallest absolute Gasteiger partial charge is 0.306 e. The molecule has 7 nitrogen and oxygen atoms in total. The molecule has 0 saturated heterocycles. The van der Waals surface area contributed by atoms with Gasteiger partial charge in [0, 0.05) is 38.5 Å². The van der Waals surface area contributed by atoms with E-state index in [1.54, 1.807) is 0 Å². The Bertz CT molecular complexity index is 831. The van der Waals surface area contributed by atoms with Crippen LogP contribution < -0.4 is 0 Å². The second kappa shape index (κ2) is 45.6. The molecule has 0 aromatic rings. The maximum absolute atomic E-state index is 12.8. The molecule has 0 aromatic heterocycles. The fourth-order valence-electron chi connectivity index (χ4n) is 7.93. The molecule has 0 bridgehead atoms. The van der Waals surface area contributed by atoms with E-state index in [0.29, 0.717) is 6.42 Å². The van der Waals surface area contributed by atoms with Crippen LogP contribution in [0.15, 0.2) is 0 Å². The second-order valence-corrected chi connectivity index (χ2v) is 20.8. The van der Waals surface area contributed by atoms with Gasteiger partial charge in [-0.2, -0.15) is 10.6 Å². The Labute approximate surface area is 371 Å². The Kier molecular flexibility index (Phi) is 45.3. The molecule has 0 aromatic carbocycles.